The van der Waals surface area contributed by atoms with Crippen molar-refractivity contribution < 1.29 is 0 Å². The van der Waals surface area contributed by atoms with Gasteiger partial charge in [-0.3, -0.25) is 0 Å². The Balaban J connectivity index is 2.24. The lowest BCUT2D eigenvalue weighted by Gasteiger charge is -2.59. The summed E-state index contributed by atoms with van der Waals surface area (Å²) < 4.78 is 0. The van der Waals surface area contributed by atoms with E-state index in [9.17, 15) is 0 Å². The van der Waals surface area contributed by atoms with E-state index in [2.05, 4.69) is 101 Å². The van der Waals surface area contributed by atoms with Crippen LogP contribution in [0.3, 0.4) is 0 Å². The van der Waals surface area contributed by atoms with Crippen molar-refractivity contribution in [2.45, 2.75) is 44.7 Å². The fourth-order valence-corrected chi connectivity index (χ4v) is 4.34. The Morgan fingerprint density at radius 1 is 0.800 bits per heavy atom. The minimum atomic E-state index is -0.579. The molecule has 0 saturated carbocycles. The molecule has 2 aromatic rings. The molecule has 2 aromatic carbocycles. The SMILES string of the molecule is CC1C=CC(C)(C(c2ccccc2)c2ccccc2)C(C)(N)C1(C)N. The molecule has 2 heteroatoms. The largest absolute Gasteiger partial charge is 0.323 e. The van der Waals surface area contributed by atoms with Gasteiger partial charge in [-0.05, 0) is 30.9 Å². The lowest BCUT2D eigenvalue weighted by Crippen LogP contribution is -2.74. The second-order valence-electron chi connectivity index (χ2n) is 8.17. The van der Waals surface area contributed by atoms with Gasteiger partial charge in [0, 0.05) is 22.4 Å². The van der Waals surface area contributed by atoms with Crippen LogP contribution in [0.2, 0.25) is 0 Å². The smallest absolute Gasteiger partial charge is 0.0409 e. The lowest BCUT2D eigenvalue weighted by molar-refractivity contribution is 0.0684. The molecule has 0 saturated heterocycles. The Kier molecular flexibility index (Phi) is 4.38. The maximum atomic E-state index is 7.02. The molecule has 0 fully saturated rings. The van der Waals surface area contributed by atoms with Gasteiger partial charge in [-0.15, -0.1) is 0 Å². The summed E-state index contributed by atoms with van der Waals surface area (Å²) in [5.74, 6) is 0.360. The van der Waals surface area contributed by atoms with Gasteiger partial charge in [0.15, 0.2) is 0 Å². The molecule has 1 aliphatic rings. The average Bonchev–Trinajstić information content (AvgIpc) is 2.60. The summed E-state index contributed by atoms with van der Waals surface area (Å²) >= 11 is 0. The van der Waals surface area contributed by atoms with E-state index < -0.39 is 11.1 Å². The van der Waals surface area contributed by atoms with Gasteiger partial charge < -0.3 is 11.5 Å². The fraction of sp³-hybridized carbons (Fsp3) is 0.391. The summed E-state index contributed by atoms with van der Waals surface area (Å²) in [7, 11) is 0. The molecule has 0 heterocycles. The van der Waals surface area contributed by atoms with Crippen molar-refractivity contribution in [3.63, 3.8) is 0 Å². The molecule has 4 unspecified atom stereocenters. The molecule has 25 heavy (non-hydrogen) atoms. The molecule has 0 radical (unpaired) electrons. The van der Waals surface area contributed by atoms with Crippen molar-refractivity contribution in [3.05, 3.63) is 83.9 Å². The highest BCUT2D eigenvalue weighted by Crippen LogP contribution is 2.54. The van der Waals surface area contributed by atoms with Gasteiger partial charge in [-0.2, -0.15) is 0 Å². The molecular weight excluding hydrogens is 304 g/mol. The molecule has 0 bridgehead atoms. The van der Waals surface area contributed by atoms with Crippen LogP contribution in [-0.2, 0) is 0 Å². The van der Waals surface area contributed by atoms with Crippen molar-refractivity contribution >= 4 is 0 Å². The highest BCUT2D eigenvalue weighted by molar-refractivity contribution is 5.42. The van der Waals surface area contributed by atoms with Gasteiger partial charge in [0.05, 0.1) is 0 Å². The van der Waals surface area contributed by atoms with Crippen molar-refractivity contribution in [1.29, 1.82) is 0 Å². The van der Waals surface area contributed by atoms with Crippen molar-refractivity contribution in [2.75, 3.05) is 0 Å². The second-order valence-corrected chi connectivity index (χ2v) is 8.17. The zero-order valence-corrected chi connectivity index (χ0v) is 15.7. The Morgan fingerprint density at radius 2 is 1.24 bits per heavy atom. The molecule has 0 amide bonds. The number of hydrogen-bond donors (Lipinski definition) is 2. The van der Waals surface area contributed by atoms with Gasteiger partial charge in [-0.1, -0.05) is 86.7 Å². The van der Waals surface area contributed by atoms with E-state index in [1.54, 1.807) is 0 Å². The average molecular weight is 335 g/mol. The highest BCUT2D eigenvalue weighted by Gasteiger charge is 2.58. The third-order valence-electron chi connectivity index (χ3n) is 6.78. The maximum absolute atomic E-state index is 7.02. The number of benzene rings is 2. The van der Waals surface area contributed by atoms with Crippen LogP contribution in [0.4, 0.5) is 0 Å². The van der Waals surface area contributed by atoms with Crippen LogP contribution >= 0.6 is 0 Å². The minimum Gasteiger partial charge on any atom is -0.323 e. The normalized spacial score (nSPS) is 35.1. The lowest BCUT2D eigenvalue weighted by atomic mass is 9.50. The summed E-state index contributed by atoms with van der Waals surface area (Å²) in [5.41, 5.74) is 15.0. The van der Waals surface area contributed by atoms with Gasteiger partial charge in [0.1, 0.15) is 0 Å². The number of nitrogens with two attached hydrogens (primary N) is 2. The molecule has 2 nitrogen and oxygen atoms in total. The highest BCUT2D eigenvalue weighted by atomic mass is 15.0. The van der Waals surface area contributed by atoms with Crippen LogP contribution in [0.1, 0.15) is 44.7 Å². The Labute approximate surface area is 151 Å². The summed E-state index contributed by atoms with van der Waals surface area (Å²) in [6.45, 7) is 8.62. The standard InChI is InChI=1S/C23H30N2/c1-17-15-16-21(2,23(4,25)22(17,3)24)20(18-11-7-5-8-12-18)19-13-9-6-10-14-19/h5-17,20H,24-25H2,1-4H3. The predicted octanol–water partition coefficient (Wildman–Crippen LogP) is 4.47. The maximum Gasteiger partial charge on any atom is 0.0409 e. The molecule has 4 N–H and O–H groups in total. The third kappa shape index (κ3) is 2.65. The van der Waals surface area contributed by atoms with Crippen LogP contribution in [-0.4, -0.2) is 11.1 Å². The van der Waals surface area contributed by atoms with E-state index in [4.69, 9.17) is 11.5 Å². The van der Waals surface area contributed by atoms with Gasteiger partial charge in [0.25, 0.3) is 0 Å². The first-order valence-electron chi connectivity index (χ1n) is 9.09. The van der Waals surface area contributed by atoms with Crippen molar-refractivity contribution in [1.82, 2.24) is 0 Å². The van der Waals surface area contributed by atoms with Crippen LogP contribution in [0.25, 0.3) is 0 Å². The van der Waals surface area contributed by atoms with E-state index in [1.165, 1.54) is 11.1 Å². The molecule has 4 atom stereocenters. The minimum absolute atomic E-state index is 0.136. The zero-order chi connectivity index (χ0) is 18.3. The van der Waals surface area contributed by atoms with E-state index >= 15 is 0 Å². The topological polar surface area (TPSA) is 52.0 Å². The predicted molar refractivity (Wildman–Crippen MR) is 106 cm³/mol. The second kappa shape index (κ2) is 6.12. The quantitative estimate of drug-likeness (QED) is 0.814. The monoisotopic (exact) mass is 334 g/mol. The summed E-state index contributed by atoms with van der Waals surface area (Å²) in [5, 5.41) is 0. The molecule has 132 valence electrons. The Morgan fingerprint density at radius 3 is 1.68 bits per heavy atom. The first kappa shape index (κ1) is 17.9. The van der Waals surface area contributed by atoms with Crippen LogP contribution in [0.5, 0.6) is 0 Å². The zero-order valence-electron chi connectivity index (χ0n) is 15.7. The Hall–Kier alpha value is -1.90. The van der Waals surface area contributed by atoms with Crippen molar-refractivity contribution in [3.8, 4) is 0 Å². The third-order valence-corrected chi connectivity index (χ3v) is 6.78. The van der Waals surface area contributed by atoms with Crippen LogP contribution in [0.15, 0.2) is 72.8 Å². The van der Waals surface area contributed by atoms with E-state index in [0.29, 0.717) is 0 Å². The molecule has 3 rings (SSSR count). The fourth-order valence-electron chi connectivity index (χ4n) is 4.34. The molecule has 0 aromatic heterocycles. The van der Waals surface area contributed by atoms with Gasteiger partial charge >= 0.3 is 0 Å². The number of hydrogen-bond acceptors (Lipinski definition) is 2. The molecular formula is C23H30N2. The molecule has 0 aliphatic heterocycles. The summed E-state index contributed by atoms with van der Waals surface area (Å²) in [4.78, 5) is 0. The van der Waals surface area contributed by atoms with Gasteiger partial charge in [0.2, 0.25) is 0 Å². The van der Waals surface area contributed by atoms with Gasteiger partial charge in [-0.25, -0.2) is 0 Å². The van der Waals surface area contributed by atoms with E-state index in [0.717, 1.165) is 0 Å². The van der Waals surface area contributed by atoms with E-state index in [-0.39, 0.29) is 17.3 Å². The first-order chi connectivity index (χ1) is 11.7. The van der Waals surface area contributed by atoms with Crippen molar-refractivity contribution in [2.24, 2.45) is 22.8 Å². The first-order valence-corrected chi connectivity index (χ1v) is 9.09. The molecule has 0 spiro atoms. The Bertz CT molecular complexity index is 707. The summed E-state index contributed by atoms with van der Waals surface area (Å²) in [6.07, 6.45) is 4.55. The molecule has 1 aliphatic carbocycles. The number of rotatable bonds is 3. The summed E-state index contributed by atoms with van der Waals surface area (Å²) in [6, 6.07) is 21.3. The van der Waals surface area contributed by atoms with Crippen LogP contribution in [0, 0.1) is 11.3 Å². The van der Waals surface area contributed by atoms with Crippen LogP contribution < -0.4 is 11.5 Å². The van der Waals surface area contributed by atoms with E-state index in [1.807, 2.05) is 0 Å².